The molecule has 0 aliphatic rings. The van der Waals surface area contributed by atoms with Gasteiger partial charge >= 0.3 is 17.9 Å². The predicted octanol–water partition coefficient (Wildman–Crippen LogP) is 22.7. The normalized spacial score (nSPS) is 13.3. The second kappa shape index (κ2) is 67.3. The quantitative estimate of drug-likeness (QED) is 0.0261. The Kier molecular flexibility index (Phi) is 62.9. The lowest BCUT2D eigenvalue weighted by Gasteiger charge is -2.18. The first-order valence-electron chi connectivity index (χ1n) is 32.6. The Labute approximate surface area is 498 Å². The Morgan fingerprint density at radius 3 is 0.765 bits per heavy atom. The number of unbranched alkanes of at least 4 members (excludes halogenated alkanes) is 18. The molecule has 1 atom stereocenters. The van der Waals surface area contributed by atoms with E-state index in [9.17, 15) is 14.4 Å². The van der Waals surface area contributed by atoms with Crippen LogP contribution >= 0.6 is 0 Å². The van der Waals surface area contributed by atoms with Crippen molar-refractivity contribution in [1.29, 1.82) is 0 Å². The van der Waals surface area contributed by atoms with Crippen molar-refractivity contribution < 1.29 is 28.6 Å². The number of hydrogen-bond donors (Lipinski definition) is 0. The van der Waals surface area contributed by atoms with Gasteiger partial charge in [-0.2, -0.15) is 0 Å². The monoisotopic (exact) mass is 1110 g/mol. The fourth-order valence-electron chi connectivity index (χ4n) is 8.45. The van der Waals surface area contributed by atoms with Gasteiger partial charge in [-0.1, -0.05) is 281 Å². The highest BCUT2D eigenvalue weighted by atomic mass is 16.6. The Morgan fingerprint density at radius 2 is 0.469 bits per heavy atom. The van der Waals surface area contributed by atoms with Crippen molar-refractivity contribution in [1.82, 2.24) is 0 Å². The summed E-state index contributed by atoms with van der Waals surface area (Å²) in [6.07, 6.45) is 99.5. The molecule has 0 saturated carbocycles. The maximum atomic E-state index is 12.9. The third-order valence-corrected chi connectivity index (χ3v) is 13.2. The van der Waals surface area contributed by atoms with Crippen LogP contribution in [0.2, 0.25) is 0 Å². The summed E-state index contributed by atoms with van der Waals surface area (Å²) < 4.78 is 16.8. The number of esters is 3. The molecule has 0 aromatic carbocycles. The lowest BCUT2D eigenvalue weighted by atomic mass is 10.0. The van der Waals surface area contributed by atoms with E-state index in [4.69, 9.17) is 14.2 Å². The molecule has 454 valence electrons. The van der Waals surface area contributed by atoms with Gasteiger partial charge in [-0.3, -0.25) is 14.4 Å². The van der Waals surface area contributed by atoms with Gasteiger partial charge in [-0.25, -0.2) is 0 Å². The highest BCUT2D eigenvalue weighted by molar-refractivity contribution is 5.71. The molecule has 0 aromatic heterocycles. The van der Waals surface area contributed by atoms with Crippen LogP contribution in [0.1, 0.15) is 265 Å². The standard InChI is InChI=1S/C75H118O6/c1-4-7-10-13-16-19-22-25-27-29-31-33-35-37-39-41-43-45-47-50-53-56-59-62-65-68-74(77)80-71-72(70-79-73(76)67-64-61-58-55-52-49-24-21-18-15-12-9-6-3)81-75(78)69-66-63-60-57-54-51-48-46-44-42-40-38-36-34-32-30-28-26-23-20-17-14-11-8-5-2/h7-12,16-21,25-28,31-34,37,39,43,45,49,52,58,61,72H,4-6,13-15,22-24,29-30,35-36,38,40-42,44,46-48,50-51,53-57,59-60,62-71H2,1-3H3/b10-7-,11-8-,12-9-,19-16-,20-17-,21-18-,27-25-,28-26-,33-31-,34-32-,39-37-,45-43-,52-49-,61-58-. The summed E-state index contributed by atoms with van der Waals surface area (Å²) in [5.74, 6) is -1.02. The van der Waals surface area contributed by atoms with E-state index in [1.165, 1.54) is 77.0 Å². The van der Waals surface area contributed by atoms with E-state index in [0.29, 0.717) is 19.3 Å². The average Bonchev–Trinajstić information content (AvgIpc) is 3.46. The molecule has 1 unspecified atom stereocenters. The molecule has 0 amide bonds. The van der Waals surface area contributed by atoms with E-state index in [1.807, 2.05) is 6.08 Å². The molecule has 0 fully saturated rings. The lowest BCUT2D eigenvalue weighted by Crippen LogP contribution is -2.30. The molecule has 0 aliphatic carbocycles. The number of carbonyl (C=O) groups excluding carboxylic acids is 3. The molecular weight excluding hydrogens is 997 g/mol. The Hall–Kier alpha value is -5.23. The van der Waals surface area contributed by atoms with Crippen molar-refractivity contribution >= 4 is 17.9 Å². The van der Waals surface area contributed by atoms with Gasteiger partial charge in [0.2, 0.25) is 0 Å². The molecule has 6 heteroatoms. The van der Waals surface area contributed by atoms with Gasteiger partial charge in [0.25, 0.3) is 0 Å². The van der Waals surface area contributed by atoms with E-state index < -0.39 is 6.10 Å². The van der Waals surface area contributed by atoms with Crippen molar-refractivity contribution in [3.05, 3.63) is 170 Å². The zero-order valence-electron chi connectivity index (χ0n) is 52.0. The molecule has 0 radical (unpaired) electrons. The topological polar surface area (TPSA) is 78.9 Å². The first kappa shape index (κ1) is 75.8. The number of carbonyl (C=O) groups is 3. The van der Waals surface area contributed by atoms with Crippen LogP contribution in [0.4, 0.5) is 0 Å². The molecule has 0 aromatic rings. The number of ether oxygens (including phenoxy) is 3. The van der Waals surface area contributed by atoms with Crippen LogP contribution in [0, 0.1) is 0 Å². The van der Waals surface area contributed by atoms with Crippen LogP contribution in [-0.4, -0.2) is 37.2 Å². The Morgan fingerprint density at radius 1 is 0.247 bits per heavy atom. The van der Waals surface area contributed by atoms with Crippen LogP contribution in [0.25, 0.3) is 0 Å². The highest BCUT2D eigenvalue weighted by Crippen LogP contribution is 2.15. The highest BCUT2D eigenvalue weighted by Gasteiger charge is 2.19. The van der Waals surface area contributed by atoms with Crippen LogP contribution < -0.4 is 0 Å². The zero-order chi connectivity index (χ0) is 58.5. The number of rotatable bonds is 57. The molecule has 0 aliphatic heterocycles. The van der Waals surface area contributed by atoms with Crippen molar-refractivity contribution in [3.8, 4) is 0 Å². The molecule has 81 heavy (non-hydrogen) atoms. The third kappa shape index (κ3) is 65.5. The lowest BCUT2D eigenvalue weighted by molar-refractivity contribution is -0.166. The fraction of sp³-hybridized carbons (Fsp3) is 0.587. The van der Waals surface area contributed by atoms with E-state index in [1.54, 1.807) is 0 Å². The molecule has 0 heterocycles. The van der Waals surface area contributed by atoms with E-state index in [2.05, 4.69) is 185 Å². The van der Waals surface area contributed by atoms with Gasteiger partial charge in [-0.15, -0.1) is 0 Å². The SMILES string of the molecule is CC/C=C\C/C=C\C/C=C\C/C=C\C/C=C\C/C=C\CCCCCCCCC(=O)OCC(COC(=O)CC/C=C\C/C=C\C/C=C\C/C=C\CC)OC(=O)CCCCCCCCCCCCCC/C=C\C/C=C\C/C=C\C/C=C\CC. The first-order valence-corrected chi connectivity index (χ1v) is 32.6. The minimum atomic E-state index is -0.825. The van der Waals surface area contributed by atoms with E-state index in [0.717, 1.165) is 141 Å². The third-order valence-electron chi connectivity index (χ3n) is 13.2. The molecule has 0 spiro atoms. The summed E-state index contributed by atoms with van der Waals surface area (Å²) in [6.45, 7) is 6.22. The van der Waals surface area contributed by atoms with Gasteiger partial charge in [0, 0.05) is 19.3 Å². The molecule has 6 nitrogen and oxygen atoms in total. The summed E-state index contributed by atoms with van der Waals surface area (Å²) in [5, 5.41) is 0. The first-order chi connectivity index (χ1) is 40.0. The van der Waals surface area contributed by atoms with Crippen LogP contribution in [0.3, 0.4) is 0 Å². The van der Waals surface area contributed by atoms with Gasteiger partial charge in [0.05, 0.1) is 0 Å². The largest absolute Gasteiger partial charge is 0.462 e. The molecular formula is C75H118O6. The second-order valence-electron chi connectivity index (χ2n) is 20.9. The minimum Gasteiger partial charge on any atom is -0.462 e. The maximum Gasteiger partial charge on any atom is 0.306 e. The Balaban J connectivity index is 4.42. The van der Waals surface area contributed by atoms with Crippen molar-refractivity contribution in [2.75, 3.05) is 13.2 Å². The Bertz CT molecular complexity index is 1860. The van der Waals surface area contributed by atoms with Crippen molar-refractivity contribution in [2.45, 2.75) is 271 Å². The van der Waals surface area contributed by atoms with Crippen molar-refractivity contribution in [2.24, 2.45) is 0 Å². The maximum absolute atomic E-state index is 12.9. The van der Waals surface area contributed by atoms with Crippen LogP contribution in [-0.2, 0) is 28.6 Å². The summed E-state index contributed by atoms with van der Waals surface area (Å²) >= 11 is 0. The average molecular weight is 1120 g/mol. The summed E-state index contributed by atoms with van der Waals surface area (Å²) in [6, 6.07) is 0. The van der Waals surface area contributed by atoms with E-state index in [-0.39, 0.29) is 37.5 Å². The zero-order valence-corrected chi connectivity index (χ0v) is 52.0. The number of allylic oxidation sites excluding steroid dienone is 28. The molecule has 0 rings (SSSR count). The van der Waals surface area contributed by atoms with Crippen LogP contribution in [0.15, 0.2) is 170 Å². The molecule has 0 bridgehead atoms. The van der Waals surface area contributed by atoms with Gasteiger partial charge < -0.3 is 14.2 Å². The van der Waals surface area contributed by atoms with Gasteiger partial charge in [0.15, 0.2) is 6.10 Å². The fourth-order valence-corrected chi connectivity index (χ4v) is 8.45. The van der Waals surface area contributed by atoms with E-state index >= 15 is 0 Å². The van der Waals surface area contributed by atoms with Crippen LogP contribution in [0.5, 0.6) is 0 Å². The second-order valence-corrected chi connectivity index (χ2v) is 20.9. The predicted molar refractivity (Wildman–Crippen MR) is 352 cm³/mol. The summed E-state index contributed by atoms with van der Waals surface area (Å²) in [4.78, 5) is 38.3. The minimum absolute atomic E-state index is 0.116. The van der Waals surface area contributed by atoms with Gasteiger partial charge in [-0.05, 0) is 135 Å². The summed E-state index contributed by atoms with van der Waals surface area (Å²) in [7, 11) is 0. The number of hydrogen-bond acceptors (Lipinski definition) is 6. The molecule has 0 N–H and O–H groups in total. The van der Waals surface area contributed by atoms with Gasteiger partial charge in [0.1, 0.15) is 13.2 Å². The summed E-state index contributed by atoms with van der Waals surface area (Å²) in [5.41, 5.74) is 0. The van der Waals surface area contributed by atoms with Crippen molar-refractivity contribution in [3.63, 3.8) is 0 Å². The smallest absolute Gasteiger partial charge is 0.306 e. The molecule has 0 saturated heterocycles.